The highest BCUT2D eigenvalue weighted by molar-refractivity contribution is 6.51. The summed E-state index contributed by atoms with van der Waals surface area (Å²) in [6.07, 6.45) is 5.48. The quantitative estimate of drug-likeness (QED) is 0.558. The fourth-order valence-electron chi connectivity index (χ4n) is 3.71. The van der Waals surface area contributed by atoms with E-state index in [4.69, 9.17) is 46.4 Å². The Morgan fingerprint density at radius 1 is 0.867 bits per heavy atom. The Morgan fingerprint density at radius 2 is 1.27 bits per heavy atom. The third kappa shape index (κ3) is 1.18. The number of allylic oxidation sites excluding steroid dienone is 2. The van der Waals surface area contributed by atoms with E-state index < -0.39 is 9.75 Å². The van der Waals surface area contributed by atoms with Crippen LogP contribution in [0.15, 0.2) is 10.1 Å². The summed E-state index contributed by atoms with van der Waals surface area (Å²) in [7, 11) is 0. The third-order valence-corrected chi connectivity index (χ3v) is 6.93. The topological polar surface area (TPSA) is 0 Å². The van der Waals surface area contributed by atoms with Gasteiger partial charge >= 0.3 is 0 Å². The number of rotatable bonds is 0. The molecule has 4 atom stereocenters. The number of halogens is 4. The second kappa shape index (κ2) is 3.22. The van der Waals surface area contributed by atoms with E-state index in [0.29, 0.717) is 21.9 Å². The molecule has 0 spiro atoms. The lowest BCUT2D eigenvalue weighted by molar-refractivity contribution is 0.234. The zero-order valence-corrected chi connectivity index (χ0v) is 11.2. The smallest absolute Gasteiger partial charge is 0.0865 e. The van der Waals surface area contributed by atoms with Crippen LogP contribution in [-0.2, 0) is 0 Å². The average molecular weight is 286 g/mol. The Hall–Kier alpha value is 0.900. The second-order valence-corrected chi connectivity index (χ2v) is 7.13. The first-order valence-electron chi connectivity index (χ1n) is 5.44. The summed E-state index contributed by atoms with van der Waals surface area (Å²) in [6, 6.07) is 0. The lowest BCUT2D eigenvalue weighted by Gasteiger charge is -2.40. The number of hydrogen-bond acceptors (Lipinski definition) is 0. The van der Waals surface area contributed by atoms with Crippen LogP contribution in [0.2, 0.25) is 0 Å². The zero-order valence-electron chi connectivity index (χ0n) is 8.20. The predicted molar refractivity (Wildman–Crippen MR) is 66.0 cm³/mol. The summed E-state index contributed by atoms with van der Waals surface area (Å²) in [4.78, 5) is -0.906. The molecule has 2 bridgehead atoms. The van der Waals surface area contributed by atoms with Gasteiger partial charge in [0.1, 0.15) is 0 Å². The SMILES string of the molecule is ClC1=C(Cl)[C@@]2(Cl)C[C@@]1(Cl)[C@@H]1CCCC[C@@H]12. The fraction of sp³-hybridized carbons (Fsp3) is 0.818. The van der Waals surface area contributed by atoms with Crippen LogP contribution in [0.1, 0.15) is 32.1 Å². The Balaban J connectivity index is 2.12. The van der Waals surface area contributed by atoms with Crippen molar-refractivity contribution in [2.45, 2.75) is 41.9 Å². The molecule has 0 aromatic heterocycles. The monoisotopic (exact) mass is 284 g/mol. The highest BCUT2D eigenvalue weighted by Gasteiger charge is 2.68. The van der Waals surface area contributed by atoms with E-state index in [2.05, 4.69) is 0 Å². The number of fused-ring (bicyclic) bond motifs is 5. The summed E-state index contributed by atoms with van der Waals surface area (Å²) in [5.74, 6) is 0.862. The van der Waals surface area contributed by atoms with Crippen molar-refractivity contribution in [3.05, 3.63) is 10.1 Å². The van der Waals surface area contributed by atoms with Crippen molar-refractivity contribution in [1.29, 1.82) is 0 Å². The first kappa shape index (κ1) is 11.0. The summed E-state index contributed by atoms with van der Waals surface area (Å²) >= 11 is 25.8. The largest absolute Gasteiger partial charge is 0.113 e. The lowest BCUT2D eigenvalue weighted by atomic mass is 9.73. The highest BCUT2D eigenvalue weighted by atomic mass is 35.5. The Labute approximate surface area is 110 Å². The van der Waals surface area contributed by atoms with Crippen molar-refractivity contribution in [1.82, 2.24) is 0 Å². The van der Waals surface area contributed by atoms with E-state index in [1.807, 2.05) is 0 Å². The molecule has 0 aliphatic heterocycles. The Morgan fingerprint density at radius 3 is 1.67 bits per heavy atom. The summed E-state index contributed by atoms with van der Waals surface area (Å²) in [5, 5.41) is 1.23. The summed E-state index contributed by atoms with van der Waals surface area (Å²) in [5.41, 5.74) is 0. The van der Waals surface area contributed by atoms with Crippen molar-refractivity contribution in [2.75, 3.05) is 0 Å². The van der Waals surface area contributed by atoms with Crippen LogP contribution in [0.25, 0.3) is 0 Å². The van der Waals surface area contributed by atoms with Gasteiger partial charge in [-0.25, -0.2) is 0 Å². The van der Waals surface area contributed by atoms with Crippen LogP contribution in [0.3, 0.4) is 0 Å². The molecule has 0 aromatic rings. The molecule has 0 aromatic carbocycles. The zero-order chi connectivity index (χ0) is 10.8. The van der Waals surface area contributed by atoms with E-state index in [-0.39, 0.29) is 0 Å². The van der Waals surface area contributed by atoms with Crippen molar-refractivity contribution in [3.8, 4) is 0 Å². The molecule has 15 heavy (non-hydrogen) atoms. The number of alkyl halides is 2. The second-order valence-electron chi connectivity index (χ2n) is 5.03. The van der Waals surface area contributed by atoms with Crippen LogP contribution in [0.4, 0.5) is 0 Å². The molecule has 3 aliphatic rings. The summed E-state index contributed by atoms with van der Waals surface area (Å²) < 4.78 is 0. The molecular formula is C11H12Cl4. The van der Waals surface area contributed by atoms with E-state index >= 15 is 0 Å². The molecule has 2 fully saturated rings. The van der Waals surface area contributed by atoms with Gasteiger partial charge in [-0.2, -0.15) is 0 Å². The van der Waals surface area contributed by atoms with E-state index in [9.17, 15) is 0 Å². The lowest BCUT2D eigenvalue weighted by Crippen LogP contribution is -2.38. The van der Waals surface area contributed by atoms with Crippen molar-refractivity contribution < 1.29 is 0 Å². The highest BCUT2D eigenvalue weighted by Crippen LogP contribution is 2.70. The Kier molecular flexibility index (Phi) is 2.37. The standard InChI is InChI=1S/C11H12Cl4/c12-8-9(13)11(15)5-10(8,14)6-3-1-2-4-7(6)11/h6-7H,1-5H2/t6-,7+,10-,11-/m1/s1. The van der Waals surface area contributed by atoms with E-state index in [1.165, 1.54) is 12.8 Å². The van der Waals surface area contributed by atoms with Gasteiger partial charge in [-0.15, -0.1) is 23.2 Å². The van der Waals surface area contributed by atoms with Crippen LogP contribution < -0.4 is 0 Å². The third-order valence-electron chi connectivity index (χ3n) is 4.38. The van der Waals surface area contributed by atoms with Gasteiger partial charge in [-0.1, -0.05) is 36.0 Å². The molecule has 2 saturated carbocycles. The first-order chi connectivity index (χ1) is 7.00. The van der Waals surface area contributed by atoms with Crippen molar-refractivity contribution in [2.24, 2.45) is 11.8 Å². The van der Waals surface area contributed by atoms with Gasteiger partial charge in [0, 0.05) is 0 Å². The molecule has 0 saturated heterocycles. The molecule has 0 unspecified atom stereocenters. The molecule has 0 radical (unpaired) electrons. The van der Waals surface area contributed by atoms with Gasteiger partial charge in [0.05, 0.1) is 19.8 Å². The maximum absolute atomic E-state index is 6.65. The molecule has 0 nitrogen and oxygen atoms in total. The fourth-order valence-corrected chi connectivity index (χ4v) is 5.76. The first-order valence-corrected chi connectivity index (χ1v) is 6.95. The maximum Gasteiger partial charge on any atom is 0.0865 e. The van der Waals surface area contributed by atoms with Gasteiger partial charge < -0.3 is 0 Å². The molecule has 0 amide bonds. The van der Waals surface area contributed by atoms with Crippen LogP contribution in [0, 0.1) is 11.8 Å². The minimum absolute atomic E-state index is 0.431. The molecular weight excluding hydrogens is 274 g/mol. The van der Waals surface area contributed by atoms with Gasteiger partial charge in [0.15, 0.2) is 0 Å². The van der Waals surface area contributed by atoms with Gasteiger partial charge in [-0.05, 0) is 31.1 Å². The van der Waals surface area contributed by atoms with Gasteiger partial charge in [0.2, 0.25) is 0 Å². The normalized spacial score (nSPS) is 53.6. The van der Waals surface area contributed by atoms with Crippen LogP contribution >= 0.6 is 46.4 Å². The van der Waals surface area contributed by atoms with E-state index in [0.717, 1.165) is 19.3 Å². The van der Waals surface area contributed by atoms with Crippen LogP contribution in [0.5, 0.6) is 0 Å². The van der Waals surface area contributed by atoms with E-state index in [1.54, 1.807) is 0 Å². The molecule has 0 N–H and O–H groups in total. The average Bonchev–Trinajstić information content (AvgIpc) is 2.57. The molecule has 84 valence electrons. The molecule has 3 rings (SSSR count). The minimum Gasteiger partial charge on any atom is -0.113 e. The molecule has 3 aliphatic carbocycles. The van der Waals surface area contributed by atoms with Crippen molar-refractivity contribution >= 4 is 46.4 Å². The molecule has 4 heteroatoms. The Bertz CT molecular complexity index is 318. The minimum atomic E-state index is -0.453. The summed E-state index contributed by atoms with van der Waals surface area (Å²) in [6.45, 7) is 0. The van der Waals surface area contributed by atoms with Gasteiger partial charge in [0.25, 0.3) is 0 Å². The van der Waals surface area contributed by atoms with Crippen molar-refractivity contribution in [3.63, 3.8) is 0 Å². The van der Waals surface area contributed by atoms with Crippen LogP contribution in [-0.4, -0.2) is 9.75 Å². The molecule has 0 heterocycles. The maximum atomic E-state index is 6.65. The number of hydrogen-bond donors (Lipinski definition) is 0. The van der Waals surface area contributed by atoms with Gasteiger partial charge in [-0.3, -0.25) is 0 Å². The predicted octanol–water partition coefficient (Wildman–Crippen LogP) is 4.85.